The molecule has 0 amide bonds. The van der Waals surface area contributed by atoms with E-state index in [4.69, 9.17) is 0 Å². The third-order valence-electron chi connectivity index (χ3n) is 4.15. The maximum Gasteiger partial charge on any atom is 0.348 e. The maximum absolute atomic E-state index is 11.3. The van der Waals surface area contributed by atoms with Crippen LogP contribution in [0, 0.1) is 0 Å². The summed E-state index contributed by atoms with van der Waals surface area (Å²) < 4.78 is 3.17. The number of phenolic OH excluding ortho intramolecular Hbond substituents is 1. The summed E-state index contributed by atoms with van der Waals surface area (Å²) in [7, 11) is 0. The fourth-order valence-electron chi connectivity index (χ4n) is 2.62. The summed E-state index contributed by atoms with van der Waals surface area (Å²) in [4.78, 5) is 12.6. The predicted molar refractivity (Wildman–Crippen MR) is 113 cm³/mol. The van der Waals surface area contributed by atoms with Gasteiger partial charge in [0.1, 0.15) is 10.6 Å². The van der Waals surface area contributed by atoms with Gasteiger partial charge in [0.25, 0.3) is 0 Å². The van der Waals surface area contributed by atoms with Crippen LogP contribution >= 0.6 is 23.3 Å². The highest BCUT2D eigenvalue weighted by molar-refractivity contribution is 8.00. The molecule has 0 aliphatic carbocycles. The molecule has 0 aliphatic rings. The van der Waals surface area contributed by atoms with Crippen molar-refractivity contribution in [3.63, 3.8) is 0 Å². The van der Waals surface area contributed by atoms with Gasteiger partial charge in [-0.25, -0.2) is 4.79 Å². The summed E-state index contributed by atoms with van der Waals surface area (Å²) in [6.07, 6.45) is 0. The minimum atomic E-state index is -0.935. The Balaban J connectivity index is 1.97. The van der Waals surface area contributed by atoms with Gasteiger partial charge in [-0.3, -0.25) is 0 Å². The number of carboxylic acid groups (broad SMARTS) is 1. The molecule has 0 bridgehead atoms. The number of thiophene rings is 1. The molecule has 3 N–H and O–H groups in total. The first-order chi connectivity index (χ1) is 12.8. The second-order valence-electron chi connectivity index (χ2n) is 7.18. The quantitative estimate of drug-likeness (QED) is 0.443. The first kappa shape index (κ1) is 19.3. The van der Waals surface area contributed by atoms with E-state index in [-0.39, 0.29) is 11.2 Å². The number of phenols is 1. The zero-order chi connectivity index (χ0) is 19.6. The van der Waals surface area contributed by atoms with Gasteiger partial charge in [0, 0.05) is 4.90 Å². The van der Waals surface area contributed by atoms with Crippen molar-refractivity contribution in [3.05, 3.63) is 64.4 Å². The van der Waals surface area contributed by atoms with Gasteiger partial charge in [-0.2, -0.15) is 0 Å². The number of carbonyl (C=O) groups is 1. The van der Waals surface area contributed by atoms with Crippen LogP contribution in [0.3, 0.4) is 0 Å². The van der Waals surface area contributed by atoms with E-state index in [0.717, 1.165) is 16.0 Å². The van der Waals surface area contributed by atoms with Gasteiger partial charge in [-0.15, -0.1) is 11.3 Å². The van der Waals surface area contributed by atoms with Gasteiger partial charge in [-0.1, -0.05) is 39.0 Å². The number of benzene rings is 2. The molecule has 0 saturated heterocycles. The molecule has 0 fully saturated rings. The molecular formula is C21H21NO3S2. The van der Waals surface area contributed by atoms with E-state index < -0.39 is 5.97 Å². The Morgan fingerprint density at radius 3 is 2.41 bits per heavy atom. The zero-order valence-corrected chi connectivity index (χ0v) is 16.9. The SMILES string of the molecule is CC(C)(C)c1ccc(SNc2ccsc2C(=O)O)c(-c2ccc(O)cc2)c1. The lowest BCUT2D eigenvalue weighted by Crippen LogP contribution is -2.11. The topological polar surface area (TPSA) is 69.6 Å². The maximum atomic E-state index is 11.3. The summed E-state index contributed by atoms with van der Waals surface area (Å²) in [6.45, 7) is 6.50. The molecule has 0 spiro atoms. The van der Waals surface area contributed by atoms with Crippen LogP contribution in [-0.4, -0.2) is 16.2 Å². The summed E-state index contributed by atoms with van der Waals surface area (Å²) in [6, 6.07) is 15.2. The number of rotatable bonds is 5. The van der Waals surface area contributed by atoms with E-state index in [1.807, 2.05) is 18.2 Å². The number of anilines is 1. The van der Waals surface area contributed by atoms with Crippen LogP contribution in [-0.2, 0) is 5.41 Å². The van der Waals surface area contributed by atoms with Gasteiger partial charge in [0.15, 0.2) is 0 Å². The van der Waals surface area contributed by atoms with Gasteiger partial charge >= 0.3 is 5.97 Å². The molecule has 1 aromatic heterocycles. The third kappa shape index (κ3) is 4.46. The molecule has 0 saturated carbocycles. The van der Waals surface area contributed by atoms with Crippen LogP contribution < -0.4 is 4.72 Å². The normalized spacial score (nSPS) is 11.4. The average Bonchev–Trinajstić information content (AvgIpc) is 3.08. The minimum Gasteiger partial charge on any atom is -0.508 e. The highest BCUT2D eigenvalue weighted by atomic mass is 32.2. The minimum absolute atomic E-state index is 0.00608. The molecule has 3 aromatic rings. The van der Waals surface area contributed by atoms with Gasteiger partial charge < -0.3 is 14.9 Å². The Bertz CT molecular complexity index is 956. The molecule has 4 nitrogen and oxygen atoms in total. The van der Waals surface area contributed by atoms with E-state index in [1.165, 1.54) is 28.8 Å². The lowest BCUT2D eigenvalue weighted by molar-refractivity contribution is 0.0703. The average molecular weight is 400 g/mol. The van der Waals surface area contributed by atoms with Gasteiger partial charge in [0.2, 0.25) is 0 Å². The first-order valence-corrected chi connectivity index (χ1v) is 10.1. The Morgan fingerprint density at radius 2 is 1.78 bits per heavy atom. The van der Waals surface area contributed by atoms with E-state index in [2.05, 4.69) is 37.6 Å². The summed E-state index contributed by atoms with van der Waals surface area (Å²) >= 11 is 2.58. The van der Waals surface area contributed by atoms with Crippen molar-refractivity contribution >= 4 is 34.9 Å². The lowest BCUT2D eigenvalue weighted by Gasteiger charge is -2.21. The molecule has 2 aromatic carbocycles. The van der Waals surface area contributed by atoms with Crippen molar-refractivity contribution in [3.8, 4) is 16.9 Å². The predicted octanol–water partition coefficient (Wildman–Crippen LogP) is 6.24. The fourth-order valence-corrected chi connectivity index (χ4v) is 4.18. The number of hydrogen-bond acceptors (Lipinski definition) is 5. The van der Waals surface area contributed by atoms with Crippen LogP contribution in [0.2, 0.25) is 0 Å². The monoisotopic (exact) mass is 399 g/mol. The summed E-state index contributed by atoms with van der Waals surface area (Å²) in [5, 5.41) is 20.6. The summed E-state index contributed by atoms with van der Waals surface area (Å²) in [5.74, 6) is -0.711. The highest BCUT2D eigenvalue weighted by Crippen LogP contribution is 2.37. The molecule has 0 radical (unpaired) electrons. The van der Waals surface area contributed by atoms with Crippen molar-refractivity contribution in [2.75, 3.05) is 4.72 Å². The van der Waals surface area contributed by atoms with Crippen molar-refractivity contribution in [2.24, 2.45) is 0 Å². The van der Waals surface area contributed by atoms with Gasteiger partial charge in [-0.05, 0) is 69.8 Å². The number of aromatic carboxylic acids is 1. The molecule has 140 valence electrons. The smallest absolute Gasteiger partial charge is 0.348 e. The van der Waals surface area contributed by atoms with Crippen LogP contribution in [0.15, 0.2) is 58.8 Å². The van der Waals surface area contributed by atoms with Gasteiger partial charge in [0.05, 0.1) is 5.69 Å². The number of carboxylic acids is 1. The molecule has 1 heterocycles. The van der Waals surface area contributed by atoms with Crippen LogP contribution in [0.4, 0.5) is 5.69 Å². The van der Waals surface area contributed by atoms with Crippen LogP contribution in [0.25, 0.3) is 11.1 Å². The zero-order valence-electron chi connectivity index (χ0n) is 15.3. The molecule has 27 heavy (non-hydrogen) atoms. The van der Waals surface area contributed by atoms with Crippen molar-refractivity contribution < 1.29 is 15.0 Å². The lowest BCUT2D eigenvalue weighted by atomic mass is 9.85. The van der Waals surface area contributed by atoms with E-state index >= 15 is 0 Å². The third-order valence-corrected chi connectivity index (χ3v) is 5.95. The van der Waals surface area contributed by atoms with Crippen molar-refractivity contribution in [1.82, 2.24) is 0 Å². The standard InChI is InChI=1S/C21H21NO3S2/c1-21(2,3)14-6-9-18(16(12-14)13-4-7-15(23)8-5-13)27-22-17-10-11-26-19(17)20(24)25/h4-12,22-23H,1-3H3,(H,24,25). The molecule has 0 atom stereocenters. The van der Waals surface area contributed by atoms with E-state index in [9.17, 15) is 15.0 Å². The van der Waals surface area contributed by atoms with Crippen molar-refractivity contribution in [2.45, 2.75) is 31.1 Å². The molecule has 0 aliphatic heterocycles. The number of hydrogen-bond donors (Lipinski definition) is 3. The number of aromatic hydroxyl groups is 1. The molecule has 6 heteroatoms. The second kappa shape index (κ2) is 7.66. The van der Waals surface area contributed by atoms with E-state index in [0.29, 0.717) is 10.6 Å². The van der Waals surface area contributed by atoms with Crippen LogP contribution in [0.5, 0.6) is 5.75 Å². The largest absolute Gasteiger partial charge is 0.508 e. The van der Waals surface area contributed by atoms with E-state index in [1.54, 1.807) is 23.6 Å². The summed E-state index contributed by atoms with van der Waals surface area (Å²) in [5.41, 5.74) is 3.83. The van der Waals surface area contributed by atoms with Crippen LogP contribution in [0.1, 0.15) is 36.0 Å². The highest BCUT2D eigenvalue weighted by Gasteiger charge is 2.18. The Labute approximate surface area is 167 Å². The Kier molecular flexibility index (Phi) is 5.48. The molecule has 0 unspecified atom stereocenters. The Hall–Kier alpha value is -2.44. The first-order valence-electron chi connectivity index (χ1n) is 8.43. The van der Waals surface area contributed by atoms with Crippen molar-refractivity contribution in [1.29, 1.82) is 0 Å². The number of nitrogens with one attached hydrogen (secondary N) is 1. The Morgan fingerprint density at radius 1 is 1.07 bits per heavy atom. The fraction of sp³-hybridized carbons (Fsp3) is 0.190. The second-order valence-corrected chi connectivity index (χ2v) is 8.94. The molecular weight excluding hydrogens is 378 g/mol. The molecule has 3 rings (SSSR count).